The Morgan fingerprint density at radius 1 is 1.05 bits per heavy atom. The Bertz CT molecular complexity index is 817. The number of carbonyl (C=O) groups excluding carboxylic acids is 1. The van der Waals surface area contributed by atoms with Crippen LogP contribution in [0.5, 0.6) is 0 Å². The van der Waals surface area contributed by atoms with Gasteiger partial charge in [-0.05, 0) is 35.4 Å². The van der Waals surface area contributed by atoms with E-state index in [4.69, 9.17) is 0 Å². The number of pyridine rings is 1. The predicted molar refractivity (Wildman–Crippen MR) is 83.7 cm³/mol. The number of halogens is 1. The molecule has 0 fully saturated rings. The van der Waals surface area contributed by atoms with Gasteiger partial charge in [0.25, 0.3) is 0 Å². The highest BCUT2D eigenvalue weighted by atomic mass is 19.1. The Balaban J connectivity index is 1.62. The van der Waals surface area contributed by atoms with E-state index in [2.05, 4.69) is 10.3 Å². The molecular formula is C18H15FN2O. The van der Waals surface area contributed by atoms with Crippen LogP contribution in [0, 0.1) is 5.82 Å². The van der Waals surface area contributed by atoms with Crippen LogP contribution in [0.3, 0.4) is 0 Å². The summed E-state index contributed by atoms with van der Waals surface area (Å²) in [6, 6.07) is 15.9. The minimum atomic E-state index is -0.330. The van der Waals surface area contributed by atoms with Gasteiger partial charge in [-0.3, -0.25) is 9.78 Å². The summed E-state index contributed by atoms with van der Waals surface area (Å²) in [5, 5.41) is 3.87. The summed E-state index contributed by atoms with van der Waals surface area (Å²) in [6.45, 7) is 0.409. The van der Waals surface area contributed by atoms with Gasteiger partial charge in [0.05, 0.1) is 11.9 Å². The van der Waals surface area contributed by atoms with Gasteiger partial charge >= 0.3 is 0 Å². The predicted octanol–water partition coefficient (Wildman–Crippen LogP) is 3.23. The fraction of sp³-hybridized carbons (Fsp3) is 0.111. The van der Waals surface area contributed by atoms with Crippen LogP contribution >= 0.6 is 0 Å². The molecule has 0 spiro atoms. The highest BCUT2D eigenvalue weighted by Gasteiger charge is 2.05. The third-order valence-electron chi connectivity index (χ3n) is 3.39. The van der Waals surface area contributed by atoms with E-state index in [1.165, 1.54) is 12.1 Å². The van der Waals surface area contributed by atoms with E-state index >= 15 is 0 Å². The molecule has 1 heterocycles. The molecule has 2 aromatic carbocycles. The number of nitrogens with zero attached hydrogens (tertiary/aromatic N) is 1. The van der Waals surface area contributed by atoms with Crippen LogP contribution in [0.15, 0.2) is 60.8 Å². The van der Waals surface area contributed by atoms with E-state index in [-0.39, 0.29) is 18.1 Å². The highest BCUT2D eigenvalue weighted by molar-refractivity contribution is 5.80. The van der Waals surface area contributed by atoms with Gasteiger partial charge in [-0.2, -0.15) is 0 Å². The van der Waals surface area contributed by atoms with E-state index in [0.29, 0.717) is 12.1 Å². The fourth-order valence-electron chi connectivity index (χ4n) is 2.31. The molecule has 0 unspecified atom stereocenters. The molecule has 3 aromatic rings. The number of hydrogen-bond acceptors (Lipinski definition) is 2. The van der Waals surface area contributed by atoms with Crippen molar-refractivity contribution in [3.05, 3.63) is 77.7 Å². The largest absolute Gasteiger partial charge is 0.352 e. The lowest BCUT2D eigenvalue weighted by atomic mass is 10.1. The molecule has 0 aliphatic carbocycles. The summed E-state index contributed by atoms with van der Waals surface area (Å²) in [5.74, 6) is -0.470. The maximum Gasteiger partial charge on any atom is 0.224 e. The molecule has 0 saturated heterocycles. The molecule has 0 atom stereocenters. The molecule has 4 heteroatoms. The number of fused-ring (bicyclic) bond motifs is 1. The summed E-state index contributed by atoms with van der Waals surface area (Å²) in [6.07, 6.45) is 1.92. The maximum atomic E-state index is 13.1. The van der Waals surface area contributed by atoms with Crippen molar-refractivity contribution in [3.63, 3.8) is 0 Å². The van der Waals surface area contributed by atoms with Crippen LogP contribution in [0.4, 0.5) is 4.39 Å². The van der Waals surface area contributed by atoms with Gasteiger partial charge in [-0.25, -0.2) is 4.39 Å². The average molecular weight is 294 g/mol. The van der Waals surface area contributed by atoms with Gasteiger partial charge in [0, 0.05) is 18.1 Å². The van der Waals surface area contributed by atoms with E-state index in [0.717, 1.165) is 16.5 Å². The summed E-state index contributed by atoms with van der Waals surface area (Å²) in [7, 11) is 0. The first kappa shape index (κ1) is 14.2. The van der Waals surface area contributed by atoms with Crippen molar-refractivity contribution in [1.82, 2.24) is 10.3 Å². The number of hydrogen-bond donors (Lipinski definition) is 1. The Morgan fingerprint density at radius 2 is 1.91 bits per heavy atom. The van der Waals surface area contributed by atoms with Crippen molar-refractivity contribution in [1.29, 1.82) is 0 Å². The van der Waals surface area contributed by atoms with E-state index in [9.17, 15) is 9.18 Å². The van der Waals surface area contributed by atoms with Crippen LogP contribution in [0.25, 0.3) is 10.9 Å². The SMILES string of the molecule is O=C(Cc1cccc(F)c1)NCc1cnc2ccccc2c1. The van der Waals surface area contributed by atoms with Gasteiger partial charge in [-0.15, -0.1) is 0 Å². The normalized spacial score (nSPS) is 10.6. The molecule has 1 amide bonds. The van der Waals surface area contributed by atoms with Crippen molar-refractivity contribution in [2.24, 2.45) is 0 Å². The molecule has 3 rings (SSSR count). The van der Waals surface area contributed by atoms with Gasteiger partial charge in [0.2, 0.25) is 5.91 Å². The van der Waals surface area contributed by atoms with Crippen molar-refractivity contribution < 1.29 is 9.18 Å². The molecule has 1 aromatic heterocycles. The molecule has 22 heavy (non-hydrogen) atoms. The topological polar surface area (TPSA) is 42.0 Å². The number of benzene rings is 2. The van der Waals surface area contributed by atoms with Gasteiger partial charge < -0.3 is 5.32 Å². The first-order valence-electron chi connectivity index (χ1n) is 7.05. The molecule has 0 radical (unpaired) electrons. The number of para-hydroxylation sites is 1. The number of aromatic nitrogens is 1. The third-order valence-corrected chi connectivity index (χ3v) is 3.39. The Labute approximate surface area is 127 Å². The van der Waals surface area contributed by atoms with Crippen LogP contribution in [0.2, 0.25) is 0 Å². The van der Waals surface area contributed by atoms with Crippen LogP contribution in [-0.2, 0) is 17.8 Å². The van der Waals surface area contributed by atoms with Gasteiger partial charge in [0.1, 0.15) is 5.82 Å². The molecule has 0 bridgehead atoms. The van der Waals surface area contributed by atoms with E-state index in [1.807, 2.05) is 30.3 Å². The first-order valence-corrected chi connectivity index (χ1v) is 7.05. The second kappa shape index (κ2) is 6.35. The van der Waals surface area contributed by atoms with Crippen LogP contribution in [0.1, 0.15) is 11.1 Å². The van der Waals surface area contributed by atoms with E-state index in [1.54, 1.807) is 18.3 Å². The third kappa shape index (κ3) is 3.47. The summed E-state index contributed by atoms with van der Waals surface area (Å²) in [5.41, 5.74) is 2.53. The molecule has 3 nitrogen and oxygen atoms in total. The molecule has 1 N–H and O–H groups in total. The van der Waals surface area contributed by atoms with Gasteiger partial charge in [-0.1, -0.05) is 30.3 Å². The summed E-state index contributed by atoms with van der Waals surface area (Å²) in [4.78, 5) is 16.3. The quantitative estimate of drug-likeness (QED) is 0.802. The minimum absolute atomic E-state index is 0.140. The molecular weight excluding hydrogens is 279 g/mol. The highest BCUT2D eigenvalue weighted by Crippen LogP contribution is 2.12. The maximum absolute atomic E-state index is 13.1. The lowest BCUT2D eigenvalue weighted by Crippen LogP contribution is -2.24. The zero-order chi connectivity index (χ0) is 15.4. The second-order valence-corrected chi connectivity index (χ2v) is 5.12. The van der Waals surface area contributed by atoms with Crippen molar-refractivity contribution in [3.8, 4) is 0 Å². The number of carbonyl (C=O) groups is 1. The Kier molecular flexibility index (Phi) is 4.10. The molecule has 0 aliphatic heterocycles. The fourth-order valence-corrected chi connectivity index (χ4v) is 2.31. The number of amides is 1. The molecule has 110 valence electrons. The lowest BCUT2D eigenvalue weighted by Gasteiger charge is -2.06. The standard InChI is InChI=1S/C18H15FN2O/c19-16-6-3-4-13(9-16)10-18(22)21-12-14-8-15-5-1-2-7-17(15)20-11-14/h1-9,11H,10,12H2,(H,21,22). The van der Waals surface area contributed by atoms with Crippen LogP contribution in [-0.4, -0.2) is 10.9 Å². The Morgan fingerprint density at radius 3 is 2.77 bits per heavy atom. The van der Waals surface area contributed by atoms with Crippen molar-refractivity contribution in [2.75, 3.05) is 0 Å². The van der Waals surface area contributed by atoms with E-state index < -0.39 is 0 Å². The average Bonchev–Trinajstić information content (AvgIpc) is 2.53. The van der Waals surface area contributed by atoms with Crippen molar-refractivity contribution >= 4 is 16.8 Å². The zero-order valence-corrected chi connectivity index (χ0v) is 11.9. The lowest BCUT2D eigenvalue weighted by molar-refractivity contribution is -0.120. The number of nitrogens with one attached hydrogen (secondary N) is 1. The summed E-state index contributed by atoms with van der Waals surface area (Å²) < 4.78 is 13.1. The minimum Gasteiger partial charge on any atom is -0.352 e. The number of rotatable bonds is 4. The smallest absolute Gasteiger partial charge is 0.224 e. The summed E-state index contributed by atoms with van der Waals surface area (Å²) >= 11 is 0. The second-order valence-electron chi connectivity index (χ2n) is 5.12. The van der Waals surface area contributed by atoms with Gasteiger partial charge in [0.15, 0.2) is 0 Å². The first-order chi connectivity index (χ1) is 10.7. The van der Waals surface area contributed by atoms with Crippen molar-refractivity contribution in [2.45, 2.75) is 13.0 Å². The van der Waals surface area contributed by atoms with Crippen LogP contribution < -0.4 is 5.32 Å². The monoisotopic (exact) mass is 294 g/mol. The molecule has 0 aliphatic rings. The zero-order valence-electron chi connectivity index (χ0n) is 11.9. The Hall–Kier alpha value is -2.75. The molecule has 0 saturated carbocycles.